The molecule has 0 saturated carbocycles. The van der Waals surface area contributed by atoms with Gasteiger partial charge >= 0.3 is 5.97 Å². The van der Waals surface area contributed by atoms with Crippen LogP contribution < -0.4 is 21.7 Å². The van der Waals surface area contributed by atoms with Gasteiger partial charge in [0.05, 0.1) is 13.2 Å². The topological polar surface area (TPSA) is 160 Å². The molecule has 0 aliphatic carbocycles. The Labute approximate surface area is 208 Å². The van der Waals surface area contributed by atoms with Crippen LogP contribution in [0.1, 0.15) is 67.2 Å². The fraction of sp³-hybridized carbons (Fsp3) is 0.792. The van der Waals surface area contributed by atoms with Crippen LogP contribution in [0, 0.1) is 11.8 Å². The molecule has 0 spiro atoms. The first-order valence-electron chi connectivity index (χ1n) is 12.4. The van der Waals surface area contributed by atoms with Crippen molar-refractivity contribution in [2.45, 2.75) is 97.4 Å². The van der Waals surface area contributed by atoms with Crippen molar-refractivity contribution < 1.29 is 28.7 Å². The van der Waals surface area contributed by atoms with E-state index < -0.39 is 53.9 Å². The molecule has 1 aliphatic heterocycles. The predicted molar refractivity (Wildman–Crippen MR) is 131 cm³/mol. The highest BCUT2D eigenvalue weighted by molar-refractivity contribution is 5.95. The summed E-state index contributed by atoms with van der Waals surface area (Å²) < 4.78 is 4.71. The summed E-state index contributed by atoms with van der Waals surface area (Å²) in [5, 5.41) is 8.02. The summed E-state index contributed by atoms with van der Waals surface area (Å²) >= 11 is 0. The molecule has 1 rings (SSSR count). The van der Waals surface area contributed by atoms with Crippen molar-refractivity contribution in [2.75, 3.05) is 13.7 Å². The van der Waals surface area contributed by atoms with Gasteiger partial charge in [-0.05, 0) is 44.4 Å². The van der Waals surface area contributed by atoms with Crippen LogP contribution in [0.2, 0.25) is 0 Å². The third-order valence-electron chi connectivity index (χ3n) is 6.09. The van der Waals surface area contributed by atoms with Crippen LogP contribution in [0.3, 0.4) is 0 Å². The molecule has 0 bridgehead atoms. The Bertz CT molecular complexity index is 772. The first kappa shape index (κ1) is 30.3. The molecule has 11 nitrogen and oxygen atoms in total. The van der Waals surface area contributed by atoms with E-state index in [1.54, 1.807) is 27.7 Å². The summed E-state index contributed by atoms with van der Waals surface area (Å²) in [6.07, 6.45) is 1.90. The van der Waals surface area contributed by atoms with Gasteiger partial charge in [0.25, 0.3) is 0 Å². The maximum absolute atomic E-state index is 13.1. The number of ether oxygens (including phenoxy) is 1. The van der Waals surface area contributed by atoms with Crippen molar-refractivity contribution in [3.05, 3.63) is 0 Å². The second kappa shape index (κ2) is 14.0. The lowest BCUT2D eigenvalue weighted by Crippen LogP contribution is -2.58. The Balaban J connectivity index is 2.85. The minimum Gasteiger partial charge on any atom is -0.467 e. The molecular formula is C24H43N5O6. The van der Waals surface area contributed by atoms with Gasteiger partial charge in [-0.15, -0.1) is 0 Å². The number of nitrogens with one attached hydrogen (secondary N) is 3. The summed E-state index contributed by atoms with van der Waals surface area (Å²) in [5.74, 6) is -2.33. The molecule has 11 heteroatoms. The Morgan fingerprint density at radius 3 is 2.14 bits per heavy atom. The smallest absolute Gasteiger partial charge is 0.328 e. The van der Waals surface area contributed by atoms with E-state index in [4.69, 9.17) is 10.5 Å². The number of nitrogens with zero attached hydrogens (tertiary/aromatic N) is 1. The fourth-order valence-corrected chi connectivity index (χ4v) is 4.06. The average molecular weight is 498 g/mol. The van der Waals surface area contributed by atoms with Crippen molar-refractivity contribution in [3.8, 4) is 0 Å². The largest absolute Gasteiger partial charge is 0.467 e. The van der Waals surface area contributed by atoms with Crippen LogP contribution in [0.5, 0.6) is 0 Å². The van der Waals surface area contributed by atoms with Gasteiger partial charge in [-0.3, -0.25) is 19.2 Å². The molecule has 0 unspecified atom stereocenters. The van der Waals surface area contributed by atoms with E-state index in [2.05, 4.69) is 16.0 Å². The van der Waals surface area contributed by atoms with Crippen molar-refractivity contribution in [2.24, 2.45) is 17.6 Å². The average Bonchev–Trinajstić information content (AvgIpc) is 3.28. The number of hydrogen-bond donors (Lipinski definition) is 4. The van der Waals surface area contributed by atoms with Gasteiger partial charge in [-0.25, -0.2) is 4.79 Å². The number of amides is 4. The van der Waals surface area contributed by atoms with Crippen LogP contribution in [0.15, 0.2) is 0 Å². The molecular weight excluding hydrogens is 454 g/mol. The summed E-state index contributed by atoms with van der Waals surface area (Å²) in [5.41, 5.74) is 5.91. The van der Waals surface area contributed by atoms with Gasteiger partial charge in [-0.2, -0.15) is 0 Å². The van der Waals surface area contributed by atoms with Gasteiger partial charge in [-0.1, -0.05) is 34.6 Å². The molecule has 0 aromatic carbocycles. The molecule has 5 atom stereocenters. The SMILES string of the molecule is CC[C@H](NC(=O)[C@@H](NC(=O)[C@@H]1CCCN1C(=O)[C@@H](C)NC(=O)[C@@H](N)CC(C)C)C(C)C)C(=O)OC. The van der Waals surface area contributed by atoms with Crippen molar-refractivity contribution in [1.82, 2.24) is 20.9 Å². The summed E-state index contributed by atoms with van der Waals surface area (Å²) in [6.45, 7) is 11.1. The molecule has 4 amide bonds. The lowest BCUT2D eigenvalue weighted by atomic mass is 10.0. The van der Waals surface area contributed by atoms with E-state index in [1.807, 2.05) is 13.8 Å². The molecule has 1 aliphatic rings. The molecule has 0 aromatic rings. The van der Waals surface area contributed by atoms with Crippen LogP contribution in [-0.4, -0.2) is 78.4 Å². The maximum atomic E-state index is 13.1. The number of carbonyl (C=O) groups excluding carboxylic acids is 5. The number of hydrogen-bond acceptors (Lipinski definition) is 7. The lowest BCUT2D eigenvalue weighted by Gasteiger charge is -2.30. The summed E-state index contributed by atoms with van der Waals surface area (Å²) in [7, 11) is 1.24. The van der Waals surface area contributed by atoms with Crippen LogP contribution in [0.4, 0.5) is 0 Å². The minimum atomic E-state index is -0.898. The van der Waals surface area contributed by atoms with E-state index in [0.29, 0.717) is 32.2 Å². The maximum Gasteiger partial charge on any atom is 0.328 e. The molecule has 1 heterocycles. The van der Waals surface area contributed by atoms with E-state index in [9.17, 15) is 24.0 Å². The fourth-order valence-electron chi connectivity index (χ4n) is 4.06. The number of rotatable bonds is 12. The molecule has 5 N–H and O–H groups in total. The molecule has 1 fully saturated rings. The normalized spacial score (nSPS) is 19.0. The van der Waals surface area contributed by atoms with Crippen LogP contribution >= 0.6 is 0 Å². The monoisotopic (exact) mass is 497 g/mol. The van der Waals surface area contributed by atoms with E-state index >= 15 is 0 Å². The molecule has 0 radical (unpaired) electrons. The van der Waals surface area contributed by atoms with E-state index in [-0.39, 0.29) is 17.7 Å². The van der Waals surface area contributed by atoms with Gasteiger partial charge in [0.1, 0.15) is 24.2 Å². The molecule has 35 heavy (non-hydrogen) atoms. The number of nitrogens with two attached hydrogens (primary N) is 1. The van der Waals surface area contributed by atoms with Gasteiger partial charge in [0.2, 0.25) is 23.6 Å². The highest BCUT2D eigenvalue weighted by Crippen LogP contribution is 2.19. The number of likely N-dealkylation sites (tertiary alicyclic amines) is 1. The molecule has 1 saturated heterocycles. The third-order valence-corrected chi connectivity index (χ3v) is 6.09. The predicted octanol–water partition coefficient (Wildman–Crippen LogP) is 0.0641. The third kappa shape index (κ3) is 8.79. The Hall–Kier alpha value is -2.69. The highest BCUT2D eigenvalue weighted by atomic mass is 16.5. The standard InChI is InChI=1S/C24H43N5O6/c1-8-17(24(34)35-7)27-22(32)19(14(4)5)28-21(31)18-10-9-11-29(18)23(33)15(6)26-20(30)16(25)12-13(2)3/h13-19H,8-12,25H2,1-7H3,(H,26,30)(H,27,32)(H,28,31)/t15-,16+,17+,18+,19+/m1/s1. The van der Waals surface area contributed by atoms with Gasteiger partial charge in [0, 0.05) is 6.54 Å². The molecule has 0 aromatic heterocycles. The van der Waals surface area contributed by atoms with E-state index in [1.165, 1.54) is 12.0 Å². The first-order valence-corrected chi connectivity index (χ1v) is 12.4. The highest BCUT2D eigenvalue weighted by Gasteiger charge is 2.38. The van der Waals surface area contributed by atoms with Crippen molar-refractivity contribution >= 4 is 29.6 Å². The number of esters is 1. The zero-order chi connectivity index (χ0) is 26.9. The Morgan fingerprint density at radius 1 is 1.00 bits per heavy atom. The Kier molecular flexibility index (Phi) is 12.1. The Morgan fingerprint density at radius 2 is 1.63 bits per heavy atom. The second-order valence-corrected chi connectivity index (χ2v) is 9.88. The second-order valence-electron chi connectivity index (χ2n) is 9.88. The number of methoxy groups -OCH3 is 1. The summed E-state index contributed by atoms with van der Waals surface area (Å²) in [4.78, 5) is 64.6. The van der Waals surface area contributed by atoms with Crippen molar-refractivity contribution in [3.63, 3.8) is 0 Å². The van der Waals surface area contributed by atoms with Crippen LogP contribution in [-0.2, 0) is 28.7 Å². The zero-order valence-corrected chi connectivity index (χ0v) is 22.1. The van der Waals surface area contributed by atoms with Crippen LogP contribution in [0.25, 0.3) is 0 Å². The van der Waals surface area contributed by atoms with Gasteiger partial charge < -0.3 is 31.3 Å². The first-order chi connectivity index (χ1) is 16.3. The van der Waals surface area contributed by atoms with Gasteiger partial charge in [0.15, 0.2) is 0 Å². The summed E-state index contributed by atoms with van der Waals surface area (Å²) in [6, 6.07) is -4.04. The quantitative estimate of drug-likeness (QED) is 0.277. The number of carbonyl (C=O) groups is 5. The van der Waals surface area contributed by atoms with E-state index in [0.717, 1.165) is 0 Å². The molecule has 200 valence electrons. The minimum absolute atomic E-state index is 0.236. The zero-order valence-electron chi connectivity index (χ0n) is 22.1. The lowest BCUT2D eigenvalue weighted by molar-refractivity contribution is -0.146. The van der Waals surface area contributed by atoms with Crippen molar-refractivity contribution in [1.29, 1.82) is 0 Å².